The van der Waals surface area contributed by atoms with E-state index in [9.17, 15) is 0 Å². The molecule has 90 valence electrons. The molecule has 0 aliphatic rings. The van der Waals surface area contributed by atoms with Crippen molar-refractivity contribution in [3.05, 3.63) is 12.2 Å². The lowest BCUT2D eigenvalue weighted by molar-refractivity contribution is 0.109. The summed E-state index contributed by atoms with van der Waals surface area (Å²) in [5, 5.41) is 3.52. The van der Waals surface area contributed by atoms with Crippen molar-refractivity contribution in [1.29, 1.82) is 0 Å². The highest BCUT2D eigenvalue weighted by molar-refractivity contribution is 4.89. The second kappa shape index (κ2) is 10.2. The lowest BCUT2D eigenvalue weighted by Crippen LogP contribution is -2.34. The molecule has 0 aliphatic carbocycles. The second-order valence-electron chi connectivity index (χ2n) is 4.22. The number of hydrogen-bond donors (Lipinski definition) is 1. The molecule has 2 heteroatoms. The van der Waals surface area contributed by atoms with Crippen molar-refractivity contribution in [3.8, 4) is 0 Å². The molecule has 0 saturated heterocycles. The van der Waals surface area contributed by atoms with Crippen molar-refractivity contribution in [2.24, 2.45) is 0 Å². The smallest absolute Gasteiger partial charge is 0.0619 e. The van der Waals surface area contributed by atoms with E-state index < -0.39 is 0 Å². The third-order valence-electron chi connectivity index (χ3n) is 2.27. The average Bonchev–Trinajstić information content (AvgIpc) is 2.21. The molecule has 15 heavy (non-hydrogen) atoms. The van der Waals surface area contributed by atoms with Crippen LogP contribution in [0, 0.1) is 0 Å². The molecule has 1 N–H and O–H groups in total. The van der Waals surface area contributed by atoms with Crippen molar-refractivity contribution >= 4 is 0 Å². The minimum atomic E-state index is 0.494. The molecule has 0 aromatic heterocycles. The zero-order valence-corrected chi connectivity index (χ0v) is 10.6. The second-order valence-corrected chi connectivity index (χ2v) is 4.22. The number of rotatable bonds is 10. The number of allylic oxidation sites excluding steroid dienone is 1. The summed E-state index contributed by atoms with van der Waals surface area (Å²) in [6, 6.07) is 0.494. The Balaban J connectivity index is 3.67. The van der Waals surface area contributed by atoms with E-state index in [4.69, 9.17) is 4.74 Å². The lowest BCUT2D eigenvalue weighted by atomic mass is 10.1. The van der Waals surface area contributed by atoms with E-state index >= 15 is 0 Å². The van der Waals surface area contributed by atoms with Crippen LogP contribution < -0.4 is 5.32 Å². The van der Waals surface area contributed by atoms with Gasteiger partial charge in [-0.05, 0) is 39.2 Å². The summed E-state index contributed by atoms with van der Waals surface area (Å²) in [7, 11) is 0. The first-order valence-electron chi connectivity index (χ1n) is 6.16. The molecule has 0 fully saturated rings. The third-order valence-corrected chi connectivity index (χ3v) is 2.27. The van der Waals surface area contributed by atoms with E-state index in [0.717, 1.165) is 39.0 Å². The summed E-state index contributed by atoms with van der Waals surface area (Å²) < 4.78 is 5.58. The van der Waals surface area contributed by atoms with Gasteiger partial charge in [0.25, 0.3) is 0 Å². The first-order chi connectivity index (χ1) is 7.20. The van der Waals surface area contributed by atoms with Crippen molar-refractivity contribution in [2.75, 3.05) is 19.8 Å². The molecular formula is C13H27NO. The minimum absolute atomic E-state index is 0.494. The quantitative estimate of drug-likeness (QED) is 0.444. The predicted octanol–water partition coefficient (Wildman–Crippen LogP) is 3.14. The normalized spacial score (nSPS) is 12.7. The molecule has 0 spiro atoms. The first kappa shape index (κ1) is 14.7. The van der Waals surface area contributed by atoms with Crippen LogP contribution >= 0.6 is 0 Å². The van der Waals surface area contributed by atoms with Crippen LogP contribution in [0.25, 0.3) is 0 Å². The van der Waals surface area contributed by atoms with Crippen molar-refractivity contribution in [1.82, 2.24) is 5.32 Å². The van der Waals surface area contributed by atoms with Crippen LogP contribution in [-0.4, -0.2) is 25.8 Å². The van der Waals surface area contributed by atoms with Gasteiger partial charge in [-0.1, -0.05) is 19.4 Å². The summed E-state index contributed by atoms with van der Waals surface area (Å²) >= 11 is 0. The molecule has 0 radical (unpaired) electrons. The Morgan fingerprint density at radius 2 is 2.07 bits per heavy atom. The van der Waals surface area contributed by atoms with Gasteiger partial charge in [-0.15, -0.1) is 6.58 Å². The highest BCUT2D eigenvalue weighted by Gasteiger charge is 2.07. The Bertz CT molecular complexity index is 157. The molecule has 0 aromatic carbocycles. The number of ether oxygens (including phenoxy) is 1. The topological polar surface area (TPSA) is 21.3 Å². The average molecular weight is 213 g/mol. The van der Waals surface area contributed by atoms with Crippen LogP contribution in [0.15, 0.2) is 12.2 Å². The predicted molar refractivity (Wildman–Crippen MR) is 67.2 cm³/mol. The lowest BCUT2D eigenvalue weighted by Gasteiger charge is -2.18. The van der Waals surface area contributed by atoms with Crippen LogP contribution in [0.3, 0.4) is 0 Å². The highest BCUT2D eigenvalue weighted by atomic mass is 16.5. The Morgan fingerprint density at radius 3 is 2.60 bits per heavy atom. The fraction of sp³-hybridized carbons (Fsp3) is 0.846. The van der Waals surface area contributed by atoms with Gasteiger partial charge in [0.05, 0.1) is 6.61 Å². The van der Waals surface area contributed by atoms with Gasteiger partial charge in [0.2, 0.25) is 0 Å². The van der Waals surface area contributed by atoms with Crippen molar-refractivity contribution < 1.29 is 4.74 Å². The maximum absolute atomic E-state index is 5.58. The van der Waals surface area contributed by atoms with Gasteiger partial charge in [0.15, 0.2) is 0 Å². The van der Waals surface area contributed by atoms with E-state index in [0.29, 0.717) is 6.04 Å². The molecule has 0 rings (SSSR count). The molecule has 1 unspecified atom stereocenters. The van der Waals surface area contributed by atoms with Gasteiger partial charge >= 0.3 is 0 Å². The van der Waals surface area contributed by atoms with E-state index in [-0.39, 0.29) is 0 Å². The third kappa shape index (κ3) is 9.95. The van der Waals surface area contributed by atoms with Crippen LogP contribution in [0.1, 0.15) is 46.5 Å². The summed E-state index contributed by atoms with van der Waals surface area (Å²) in [5.74, 6) is 0. The zero-order chi connectivity index (χ0) is 11.5. The van der Waals surface area contributed by atoms with Gasteiger partial charge < -0.3 is 10.1 Å². The van der Waals surface area contributed by atoms with Crippen LogP contribution in [0.5, 0.6) is 0 Å². The summed E-state index contributed by atoms with van der Waals surface area (Å²) in [6.07, 6.45) is 4.51. The minimum Gasteiger partial charge on any atom is -0.380 e. The van der Waals surface area contributed by atoms with Crippen LogP contribution in [0.2, 0.25) is 0 Å². The molecule has 2 nitrogen and oxygen atoms in total. The van der Waals surface area contributed by atoms with Gasteiger partial charge in [-0.3, -0.25) is 0 Å². The molecule has 0 amide bonds. The van der Waals surface area contributed by atoms with E-state index in [1.54, 1.807) is 0 Å². The molecule has 0 aliphatic heterocycles. The Kier molecular flexibility index (Phi) is 9.96. The maximum Gasteiger partial charge on any atom is 0.0619 e. The monoisotopic (exact) mass is 213 g/mol. The fourth-order valence-corrected chi connectivity index (χ4v) is 1.38. The van der Waals surface area contributed by atoms with Crippen molar-refractivity contribution in [2.45, 2.75) is 52.5 Å². The van der Waals surface area contributed by atoms with Gasteiger partial charge in [0, 0.05) is 12.6 Å². The van der Waals surface area contributed by atoms with Gasteiger partial charge in [0.1, 0.15) is 0 Å². The van der Waals surface area contributed by atoms with Gasteiger partial charge in [-0.2, -0.15) is 0 Å². The SMILES string of the molecule is C=C(C)CCC(COCCC)NCCC. The maximum atomic E-state index is 5.58. The summed E-state index contributed by atoms with van der Waals surface area (Å²) in [5.41, 5.74) is 1.26. The van der Waals surface area contributed by atoms with Crippen LogP contribution in [0.4, 0.5) is 0 Å². The Morgan fingerprint density at radius 1 is 1.33 bits per heavy atom. The molecule has 1 atom stereocenters. The number of nitrogens with one attached hydrogen (secondary N) is 1. The van der Waals surface area contributed by atoms with Crippen molar-refractivity contribution in [3.63, 3.8) is 0 Å². The number of hydrogen-bond acceptors (Lipinski definition) is 2. The van der Waals surface area contributed by atoms with Crippen LogP contribution in [-0.2, 0) is 4.74 Å². The molecule has 0 aromatic rings. The molecular weight excluding hydrogens is 186 g/mol. The summed E-state index contributed by atoms with van der Waals surface area (Å²) in [4.78, 5) is 0. The van der Waals surface area contributed by atoms with E-state index in [1.807, 2.05) is 0 Å². The highest BCUT2D eigenvalue weighted by Crippen LogP contribution is 2.05. The van der Waals surface area contributed by atoms with Gasteiger partial charge in [-0.25, -0.2) is 0 Å². The molecule has 0 bridgehead atoms. The first-order valence-corrected chi connectivity index (χ1v) is 6.16. The van der Waals surface area contributed by atoms with E-state index in [1.165, 1.54) is 12.0 Å². The largest absolute Gasteiger partial charge is 0.380 e. The zero-order valence-electron chi connectivity index (χ0n) is 10.6. The molecule has 0 heterocycles. The van der Waals surface area contributed by atoms with E-state index in [2.05, 4.69) is 32.7 Å². The standard InChI is InChI=1S/C13H27NO/c1-5-9-14-13(8-7-12(3)4)11-15-10-6-2/h13-14H,3,5-11H2,1-2,4H3. The Labute approximate surface area is 95.1 Å². The Hall–Kier alpha value is -0.340. The summed E-state index contributed by atoms with van der Waals surface area (Å²) in [6.45, 7) is 13.1. The fourth-order valence-electron chi connectivity index (χ4n) is 1.38. The molecule has 0 saturated carbocycles.